The van der Waals surface area contributed by atoms with Crippen molar-refractivity contribution in [2.45, 2.75) is 4.90 Å². The Bertz CT molecular complexity index is 435. The zero-order chi connectivity index (χ0) is 11.5. The first-order valence-electron chi connectivity index (χ1n) is 4.40. The molecule has 0 aliphatic carbocycles. The fourth-order valence-electron chi connectivity index (χ4n) is 1.15. The largest absolute Gasteiger partial charge is 0.378 e. The zero-order valence-electron chi connectivity index (χ0n) is 8.84. The number of anilines is 1. The monoisotopic (exact) mass is 226 g/mol. The molecule has 0 spiro atoms. The van der Waals surface area contributed by atoms with Crippen LogP contribution in [0.5, 0.6) is 0 Å². The van der Waals surface area contributed by atoms with Gasteiger partial charge >= 0.3 is 0 Å². The SMILES string of the molecule is C=NCS(=O)(=O)c1ccc(N(C)C)cc1. The van der Waals surface area contributed by atoms with Crippen LogP contribution in [0, 0.1) is 0 Å². The maximum absolute atomic E-state index is 11.6. The smallest absolute Gasteiger partial charge is 0.198 e. The van der Waals surface area contributed by atoms with Gasteiger partial charge in [-0.2, -0.15) is 0 Å². The second-order valence-electron chi connectivity index (χ2n) is 3.36. The van der Waals surface area contributed by atoms with Crippen LogP contribution in [-0.2, 0) is 9.84 Å². The van der Waals surface area contributed by atoms with Crippen LogP contribution in [-0.4, -0.2) is 35.1 Å². The van der Waals surface area contributed by atoms with E-state index in [0.717, 1.165) is 5.69 Å². The lowest BCUT2D eigenvalue weighted by molar-refractivity contribution is 0.596. The summed E-state index contributed by atoms with van der Waals surface area (Å²) in [5.41, 5.74) is 0.959. The van der Waals surface area contributed by atoms with Crippen LogP contribution in [0.25, 0.3) is 0 Å². The maximum Gasteiger partial charge on any atom is 0.198 e. The van der Waals surface area contributed by atoms with Gasteiger partial charge in [0.1, 0.15) is 5.88 Å². The van der Waals surface area contributed by atoms with Crippen molar-refractivity contribution < 1.29 is 8.42 Å². The molecule has 15 heavy (non-hydrogen) atoms. The van der Waals surface area contributed by atoms with Crippen molar-refractivity contribution in [3.05, 3.63) is 24.3 Å². The predicted molar refractivity (Wildman–Crippen MR) is 62.4 cm³/mol. The molecule has 0 heterocycles. The molecule has 1 rings (SSSR count). The van der Waals surface area contributed by atoms with Crippen LogP contribution in [0.1, 0.15) is 0 Å². The van der Waals surface area contributed by atoms with E-state index in [9.17, 15) is 8.42 Å². The molecule has 0 amide bonds. The van der Waals surface area contributed by atoms with E-state index in [-0.39, 0.29) is 10.8 Å². The Labute approximate surface area is 90.2 Å². The summed E-state index contributed by atoms with van der Waals surface area (Å²) in [5, 5.41) is 0. The highest BCUT2D eigenvalue weighted by Crippen LogP contribution is 2.16. The molecule has 0 fully saturated rings. The van der Waals surface area contributed by atoms with Gasteiger partial charge < -0.3 is 4.90 Å². The van der Waals surface area contributed by atoms with Crippen molar-refractivity contribution in [2.24, 2.45) is 4.99 Å². The molecule has 1 aromatic carbocycles. The standard InChI is InChI=1S/C10H14N2O2S/c1-11-8-15(13,14)10-6-4-9(5-7-10)12(2)3/h4-7H,1,8H2,2-3H3. The number of hydrogen-bond donors (Lipinski definition) is 0. The Morgan fingerprint density at radius 2 is 1.80 bits per heavy atom. The van der Waals surface area contributed by atoms with Crippen LogP contribution in [0.2, 0.25) is 0 Å². The number of rotatable bonds is 4. The second-order valence-corrected chi connectivity index (χ2v) is 5.31. The van der Waals surface area contributed by atoms with Crippen molar-refractivity contribution >= 4 is 22.2 Å². The molecule has 0 saturated carbocycles. The van der Waals surface area contributed by atoms with Gasteiger partial charge in [-0.3, -0.25) is 4.99 Å². The van der Waals surface area contributed by atoms with Crippen molar-refractivity contribution in [1.29, 1.82) is 0 Å². The predicted octanol–water partition coefficient (Wildman–Crippen LogP) is 1.18. The second kappa shape index (κ2) is 4.44. The summed E-state index contributed by atoms with van der Waals surface area (Å²) in [5.74, 6) is -0.270. The molecule has 0 aliphatic heterocycles. The van der Waals surface area contributed by atoms with E-state index in [2.05, 4.69) is 11.7 Å². The molecule has 82 valence electrons. The van der Waals surface area contributed by atoms with E-state index in [1.165, 1.54) is 0 Å². The van der Waals surface area contributed by atoms with Crippen LogP contribution in [0.4, 0.5) is 5.69 Å². The van der Waals surface area contributed by atoms with Crippen LogP contribution >= 0.6 is 0 Å². The lowest BCUT2D eigenvalue weighted by atomic mass is 10.3. The van der Waals surface area contributed by atoms with Crippen molar-refractivity contribution in [1.82, 2.24) is 0 Å². The quantitative estimate of drug-likeness (QED) is 0.724. The molecule has 5 heteroatoms. The van der Waals surface area contributed by atoms with Crippen molar-refractivity contribution in [3.63, 3.8) is 0 Å². The van der Waals surface area contributed by atoms with Crippen LogP contribution in [0.15, 0.2) is 34.2 Å². The Morgan fingerprint density at radius 1 is 1.27 bits per heavy atom. The van der Waals surface area contributed by atoms with E-state index >= 15 is 0 Å². The molecular formula is C10H14N2O2S. The molecule has 4 nitrogen and oxygen atoms in total. The highest BCUT2D eigenvalue weighted by molar-refractivity contribution is 7.91. The molecule has 0 aliphatic rings. The minimum atomic E-state index is -3.30. The number of hydrogen-bond acceptors (Lipinski definition) is 4. The number of benzene rings is 1. The van der Waals surface area contributed by atoms with E-state index in [0.29, 0.717) is 0 Å². The third-order valence-electron chi connectivity index (χ3n) is 1.97. The summed E-state index contributed by atoms with van der Waals surface area (Å²) in [6.45, 7) is 3.18. The summed E-state index contributed by atoms with van der Waals surface area (Å²) >= 11 is 0. The minimum absolute atomic E-state index is 0.270. The fraction of sp³-hybridized carbons (Fsp3) is 0.300. The van der Waals surface area contributed by atoms with Crippen molar-refractivity contribution in [2.75, 3.05) is 24.9 Å². The van der Waals surface area contributed by atoms with Gasteiger partial charge in [0.25, 0.3) is 0 Å². The lowest BCUT2D eigenvalue weighted by Crippen LogP contribution is -2.09. The summed E-state index contributed by atoms with van der Waals surface area (Å²) in [6.07, 6.45) is 0. The van der Waals surface area contributed by atoms with Gasteiger partial charge in [0, 0.05) is 19.8 Å². The number of sulfone groups is 1. The average Bonchev–Trinajstić information content (AvgIpc) is 2.18. The molecule has 0 bridgehead atoms. The van der Waals surface area contributed by atoms with Crippen LogP contribution < -0.4 is 4.90 Å². The van der Waals surface area contributed by atoms with E-state index in [1.54, 1.807) is 24.3 Å². The molecule has 0 aromatic heterocycles. The molecule has 0 N–H and O–H groups in total. The Balaban J connectivity index is 3.04. The fourth-order valence-corrected chi connectivity index (χ4v) is 2.09. The van der Waals surface area contributed by atoms with Gasteiger partial charge in [-0.1, -0.05) is 0 Å². The molecular weight excluding hydrogens is 212 g/mol. The Hall–Kier alpha value is -1.36. The summed E-state index contributed by atoms with van der Waals surface area (Å²) < 4.78 is 23.1. The first-order chi connectivity index (χ1) is 6.97. The maximum atomic E-state index is 11.6. The summed E-state index contributed by atoms with van der Waals surface area (Å²) in [4.78, 5) is 5.58. The molecule has 0 atom stereocenters. The van der Waals surface area contributed by atoms with Gasteiger partial charge in [0.05, 0.1) is 4.90 Å². The first kappa shape index (κ1) is 11.7. The minimum Gasteiger partial charge on any atom is -0.378 e. The van der Waals surface area contributed by atoms with Gasteiger partial charge in [-0.25, -0.2) is 8.42 Å². The Morgan fingerprint density at radius 3 is 2.20 bits per heavy atom. The third kappa shape index (κ3) is 2.79. The van der Waals surface area contributed by atoms with Gasteiger partial charge in [-0.15, -0.1) is 0 Å². The van der Waals surface area contributed by atoms with Gasteiger partial charge in [0.15, 0.2) is 9.84 Å². The number of aliphatic imine (C=N–C) groups is 1. The van der Waals surface area contributed by atoms with E-state index < -0.39 is 9.84 Å². The zero-order valence-corrected chi connectivity index (χ0v) is 9.66. The third-order valence-corrected chi connectivity index (χ3v) is 3.49. The molecule has 0 saturated heterocycles. The summed E-state index contributed by atoms with van der Waals surface area (Å²) in [6, 6.07) is 6.68. The highest BCUT2D eigenvalue weighted by Gasteiger charge is 2.12. The van der Waals surface area contributed by atoms with Gasteiger partial charge in [0.2, 0.25) is 0 Å². The Kier molecular flexibility index (Phi) is 3.47. The molecule has 0 unspecified atom stereocenters. The normalized spacial score (nSPS) is 11.1. The van der Waals surface area contributed by atoms with E-state index in [1.807, 2.05) is 19.0 Å². The lowest BCUT2D eigenvalue weighted by Gasteiger charge is -2.12. The van der Waals surface area contributed by atoms with Crippen molar-refractivity contribution in [3.8, 4) is 0 Å². The topological polar surface area (TPSA) is 49.7 Å². The molecule has 1 aromatic rings. The van der Waals surface area contributed by atoms with E-state index in [4.69, 9.17) is 0 Å². The van der Waals surface area contributed by atoms with Gasteiger partial charge in [-0.05, 0) is 31.0 Å². The summed E-state index contributed by atoms with van der Waals surface area (Å²) in [7, 11) is 0.495. The van der Waals surface area contributed by atoms with Crippen LogP contribution in [0.3, 0.4) is 0 Å². The molecule has 0 radical (unpaired) electrons. The first-order valence-corrected chi connectivity index (χ1v) is 6.05. The number of nitrogens with zero attached hydrogens (tertiary/aromatic N) is 2. The average molecular weight is 226 g/mol. The highest BCUT2D eigenvalue weighted by atomic mass is 32.2.